The van der Waals surface area contributed by atoms with Crippen LogP contribution < -0.4 is 15.8 Å². The number of benzene rings is 1. The van der Waals surface area contributed by atoms with Gasteiger partial charge in [0.1, 0.15) is 12.0 Å². The van der Waals surface area contributed by atoms with Crippen LogP contribution in [0.15, 0.2) is 45.2 Å². The molecule has 1 saturated heterocycles. The second-order valence-electron chi connectivity index (χ2n) is 10.8. The van der Waals surface area contributed by atoms with Gasteiger partial charge in [0.05, 0.1) is 39.7 Å². The first-order chi connectivity index (χ1) is 22.5. The number of phosphoric ester groups is 1. The predicted molar refractivity (Wildman–Crippen MR) is 172 cm³/mol. The number of aromatic nitrogens is 2. The summed E-state index contributed by atoms with van der Waals surface area (Å²) in [7, 11) is -4.58. The minimum absolute atomic E-state index is 0.0311. The number of H-pyrrole nitrogens is 1. The van der Waals surface area contributed by atoms with Crippen molar-refractivity contribution in [3.8, 4) is 5.75 Å². The number of para-hydroxylation sites is 1. The molecule has 3 rings (SSSR count). The Hall–Kier alpha value is -2.63. The minimum atomic E-state index is -4.58. The molecule has 2 heterocycles. The van der Waals surface area contributed by atoms with E-state index in [1.165, 1.54) is 63.8 Å². The van der Waals surface area contributed by atoms with Crippen molar-refractivity contribution in [2.75, 3.05) is 26.4 Å². The molecule has 1 unspecified atom stereocenters. The van der Waals surface area contributed by atoms with Gasteiger partial charge in [-0.1, -0.05) is 93.6 Å². The first-order valence-corrected chi connectivity index (χ1v) is 17.3. The molecule has 1 N–H and O–H groups in total. The van der Waals surface area contributed by atoms with Crippen LogP contribution in [0.25, 0.3) is 10.4 Å². The maximum absolute atomic E-state index is 13.8. The number of unbranched alkanes of at least 4 members (excludes halogenated alkanes) is 9. The number of ether oxygens (including phenoxy) is 2. The van der Waals surface area contributed by atoms with Gasteiger partial charge >= 0.3 is 13.5 Å². The van der Waals surface area contributed by atoms with Crippen molar-refractivity contribution in [1.82, 2.24) is 9.55 Å². The highest BCUT2D eigenvalue weighted by atomic mass is 35.5. The topological polar surface area (TPSA) is 167 Å². The quantitative estimate of drug-likeness (QED) is 0.0438. The van der Waals surface area contributed by atoms with Crippen LogP contribution in [0.5, 0.6) is 5.75 Å². The Morgan fingerprint density at radius 1 is 1.11 bits per heavy atom. The van der Waals surface area contributed by atoms with Crippen molar-refractivity contribution in [2.45, 2.75) is 103 Å². The molecular formula is C30H45ClN5O8P. The fourth-order valence-electron chi connectivity index (χ4n) is 4.80. The average Bonchev–Trinajstić information content (AvgIpc) is 3.43. The van der Waals surface area contributed by atoms with Crippen LogP contribution in [0, 0.1) is 6.92 Å². The van der Waals surface area contributed by atoms with E-state index in [-0.39, 0.29) is 29.4 Å². The lowest BCUT2D eigenvalue weighted by Gasteiger charge is -2.22. The van der Waals surface area contributed by atoms with Gasteiger partial charge < -0.3 is 14.0 Å². The molecule has 2 aromatic rings. The van der Waals surface area contributed by atoms with Gasteiger partial charge in [-0.05, 0) is 31.0 Å². The third-order valence-electron chi connectivity index (χ3n) is 7.29. The molecule has 1 aromatic heterocycles. The summed E-state index contributed by atoms with van der Waals surface area (Å²) in [5.74, 6) is -0.0311. The number of halogens is 1. The van der Waals surface area contributed by atoms with E-state index in [0.717, 1.165) is 23.8 Å². The lowest BCUT2D eigenvalue weighted by molar-refractivity contribution is -0.0287. The molecule has 45 heavy (non-hydrogen) atoms. The molecule has 1 aromatic carbocycles. The van der Waals surface area contributed by atoms with E-state index in [0.29, 0.717) is 6.42 Å². The number of hydrogen-bond acceptors (Lipinski definition) is 9. The zero-order valence-electron chi connectivity index (χ0n) is 27.9. The predicted octanol–water partition coefficient (Wildman–Crippen LogP) is 7.62. The van der Waals surface area contributed by atoms with E-state index in [1.807, 2.05) is 0 Å². The molecule has 0 radical (unpaired) electrons. The first-order valence-electron chi connectivity index (χ1n) is 16.5. The van der Waals surface area contributed by atoms with Crippen molar-refractivity contribution in [3.05, 3.63) is 72.3 Å². The Labute approximate surface area is 271 Å². The van der Waals surface area contributed by atoms with Crippen LogP contribution in [0.3, 0.4) is 0 Å². The third kappa shape index (κ3) is 12.6. The van der Waals surface area contributed by atoms with Crippen LogP contribution in [0.2, 0.25) is 5.02 Å². The maximum Gasteiger partial charge on any atom is 0.530 e. The summed E-state index contributed by atoms with van der Waals surface area (Å²) in [4.78, 5) is 29.3. The molecule has 0 spiro atoms. The second kappa shape index (κ2) is 19.8. The minimum Gasteiger partial charge on any atom is -0.402 e. The summed E-state index contributed by atoms with van der Waals surface area (Å²) >= 11 is 6.20. The summed E-state index contributed by atoms with van der Waals surface area (Å²) in [6, 6.07) is 5.32. The van der Waals surface area contributed by atoms with Gasteiger partial charge in [-0.15, -0.1) is 0 Å². The van der Waals surface area contributed by atoms with Gasteiger partial charge in [-0.3, -0.25) is 23.4 Å². The number of nitrogens with zero attached hydrogens (tertiary/aromatic N) is 4. The molecule has 0 aliphatic carbocycles. The molecule has 0 bridgehead atoms. The van der Waals surface area contributed by atoms with Crippen LogP contribution in [0.4, 0.5) is 0 Å². The number of azide groups is 1. The van der Waals surface area contributed by atoms with Gasteiger partial charge in [0.25, 0.3) is 5.56 Å². The molecular weight excluding hydrogens is 625 g/mol. The van der Waals surface area contributed by atoms with Crippen molar-refractivity contribution < 1.29 is 30.4 Å². The Bertz CT molecular complexity index is 1490. The Morgan fingerprint density at radius 2 is 1.80 bits per heavy atom. The highest BCUT2D eigenvalue weighted by Gasteiger charge is 2.39. The normalized spacial score (nSPS) is 20.2. The lowest BCUT2D eigenvalue weighted by Crippen LogP contribution is -2.33. The number of rotatable bonds is 22. The Balaban J connectivity index is 1.59. The number of phosphoric acid groups is 1. The Kier molecular flexibility index (Phi) is 14.8. The summed E-state index contributed by atoms with van der Waals surface area (Å²) in [5, 5.41) is 3.84. The molecule has 15 heteroatoms. The second-order valence-corrected chi connectivity index (χ2v) is 12.8. The van der Waals surface area contributed by atoms with Gasteiger partial charge in [0, 0.05) is 29.7 Å². The zero-order chi connectivity index (χ0) is 34.3. The van der Waals surface area contributed by atoms with Crippen LogP contribution in [-0.2, 0) is 23.1 Å². The van der Waals surface area contributed by atoms with Crippen LogP contribution in [-0.4, -0.2) is 48.1 Å². The molecule has 1 fully saturated rings. The molecule has 0 saturated carbocycles. The number of nitrogens with one attached hydrogen (secondary N) is 1. The highest BCUT2D eigenvalue weighted by Crippen LogP contribution is 2.51. The van der Waals surface area contributed by atoms with E-state index in [1.54, 1.807) is 12.1 Å². The van der Waals surface area contributed by atoms with E-state index in [9.17, 15) is 14.2 Å². The highest BCUT2D eigenvalue weighted by molar-refractivity contribution is 7.48. The van der Waals surface area contributed by atoms with Crippen molar-refractivity contribution in [3.63, 3.8) is 0 Å². The van der Waals surface area contributed by atoms with Crippen molar-refractivity contribution in [1.29, 1.82) is 0 Å². The molecule has 13 nitrogen and oxygen atoms in total. The van der Waals surface area contributed by atoms with Gasteiger partial charge in [-0.25, -0.2) is 9.36 Å². The first kappa shape index (κ1) is 33.7. The van der Waals surface area contributed by atoms with E-state index >= 15 is 0 Å². The SMILES string of the molecule is [2H]C([2H])(COP(=O)(OC[C@H]1O[C@@H](n2cc(C)c(=O)[nH]c2=O)C[C@@H]1N=[N+]=[N-])Oc1ccccc1Cl)OCCCCCCCCCCCC. The largest absolute Gasteiger partial charge is 0.530 e. The fourth-order valence-corrected chi connectivity index (χ4v) is 6.15. The Morgan fingerprint density at radius 3 is 2.49 bits per heavy atom. The molecule has 4 atom stereocenters. The molecule has 1 aliphatic rings. The van der Waals surface area contributed by atoms with Gasteiger partial charge in [-0.2, -0.15) is 0 Å². The summed E-state index contributed by atoms with van der Waals surface area (Å²) in [6.45, 7) is 0.294. The molecule has 250 valence electrons. The standard InChI is InChI=1S/C30H45ClN5O8P/c1-3-4-5-6-7-8-9-10-11-14-17-40-18-19-41-45(39,44-26-16-13-12-15-24(26)31)42-22-27-25(34-35-32)20-28(43-27)36-21-23(2)29(37)33-30(36)38/h12-13,15-16,21,25,27-28H,3-11,14,17-20,22H2,1-2H3,(H,33,37,38)/t25-,27+,28+,45?/m0/s1/i18D2. The number of aryl methyl sites for hydroxylation is 1. The zero-order valence-corrected chi connectivity index (χ0v) is 27.5. The molecule has 1 aliphatic heterocycles. The lowest BCUT2D eigenvalue weighted by atomic mass is 10.1. The van der Waals surface area contributed by atoms with E-state index in [4.69, 9.17) is 42.9 Å². The number of aromatic amines is 1. The summed E-state index contributed by atoms with van der Waals surface area (Å²) < 4.78 is 59.4. The summed E-state index contributed by atoms with van der Waals surface area (Å²) in [6.07, 6.45) is 10.7. The molecule has 0 amide bonds. The van der Waals surface area contributed by atoms with Crippen molar-refractivity contribution in [2.24, 2.45) is 5.11 Å². The van der Waals surface area contributed by atoms with E-state index < -0.39 is 57.2 Å². The third-order valence-corrected chi connectivity index (χ3v) is 8.93. The van der Waals surface area contributed by atoms with Gasteiger partial charge in [0.2, 0.25) is 0 Å². The van der Waals surface area contributed by atoms with Gasteiger partial charge in [0.15, 0.2) is 0 Å². The van der Waals surface area contributed by atoms with Crippen LogP contribution in [0.1, 0.15) is 92.1 Å². The van der Waals surface area contributed by atoms with Crippen molar-refractivity contribution >= 4 is 19.4 Å². The number of hydrogen-bond donors (Lipinski definition) is 1. The smallest absolute Gasteiger partial charge is 0.402 e. The monoisotopic (exact) mass is 671 g/mol. The maximum atomic E-state index is 13.8. The van der Waals surface area contributed by atoms with E-state index in [2.05, 4.69) is 21.9 Å². The van der Waals surface area contributed by atoms with Crippen LogP contribution >= 0.6 is 19.4 Å². The fraction of sp³-hybridized carbons (Fsp3) is 0.667. The summed E-state index contributed by atoms with van der Waals surface area (Å²) in [5.41, 5.74) is 8.12. The average molecular weight is 672 g/mol.